The Kier molecular flexibility index (Phi) is 11.8. The fourth-order valence-electron chi connectivity index (χ4n) is 7.88. The summed E-state index contributed by atoms with van der Waals surface area (Å²) >= 11 is 0. The Labute approximate surface area is 362 Å². The zero-order chi connectivity index (χ0) is 37.5. The maximum absolute atomic E-state index is 4.70. The van der Waals surface area contributed by atoms with Gasteiger partial charge in [0.25, 0.3) is 0 Å². The van der Waals surface area contributed by atoms with Gasteiger partial charge in [0.15, 0.2) is 0 Å². The first-order valence-corrected chi connectivity index (χ1v) is 18.5. The zero-order valence-electron chi connectivity index (χ0n) is 31.9. The Morgan fingerprint density at radius 3 is 1.47 bits per heavy atom. The van der Waals surface area contributed by atoms with E-state index in [1.165, 1.54) is 55.6 Å². The zero-order valence-corrected chi connectivity index (χ0v) is 36.7. The van der Waals surface area contributed by atoms with Gasteiger partial charge in [-0.1, -0.05) is 95.6 Å². The molecule has 0 aliphatic carbocycles. The van der Waals surface area contributed by atoms with E-state index in [0.29, 0.717) is 0 Å². The SMILES string of the molecule is Cc1c(C)c(-c2ccccc2-c2c[c-]c(N3[CH-]N(c4ccccc4)c4nccnc43)cc2)c(C)c(C)c1-c1ccccc1-c1c[c-]c(-c2ccccn2)cc1.[Ir].[Ir]. The number of para-hydroxylation sites is 1. The predicted octanol–water partition coefficient (Wildman–Crippen LogP) is 12.4. The van der Waals surface area contributed by atoms with Gasteiger partial charge in [0.2, 0.25) is 0 Å². The molecule has 0 fully saturated rings. The van der Waals surface area contributed by atoms with Gasteiger partial charge in [0.1, 0.15) is 11.6 Å². The van der Waals surface area contributed by atoms with Gasteiger partial charge in [-0.3, -0.25) is 0 Å². The van der Waals surface area contributed by atoms with E-state index >= 15 is 0 Å². The van der Waals surface area contributed by atoms with Crippen molar-refractivity contribution in [2.45, 2.75) is 27.7 Å². The summed E-state index contributed by atoms with van der Waals surface area (Å²) in [6, 6.07) is 53.5. The van der Waals surface area contributed by atoms with Crippen molar-refractivity contribution in [2.24, 2.45) is 0 Å². The summed E-state index contributed by atoms with van der Waals surface area (Å²) < 4.78 is 0. The number of benzene rings is 6. The van der Waals surface area contributed by atoms with Crippen LogP contribution < -0.4 is 9.80 Å². The molecule has 2 aromatic heterocycles. The molecule has 2 radical (unpaired) electrons. The quantitative estimate of drug-likeness (QED) is 0.149. The Balaban J connectivity index is 0.00000248. The molecule has 0 atom stereocenters. The molecule has 0 saturated heterocycles. The van der Waals surface area contributed by atoms with Gasteiger partial charge in [0.05, 0.1) is 0 Å². The molecule has 7 heteroatoms. The maximum Gasteiger partial charge on any atom is 0.145 e. The molecule has 0 amide bonds. The molecule has 1 aliphatic rings. The van der Waals surface area contributed by atoms with Gasteiger partial charge >= 0.3 is 0 Å². The summed E-state index contributed by atoms with van der Waals surface area (Å²) in [4.78, 5) is 18.0. The molecular formula is C50H38Ir2N5-3. The van der Waals surface area contributed by atoms with Gasteiger partial charge < -0.3 is 14.8 Å². The van der Waals surface area contributed by atoms with Crippen molar-refractivity contribution in [3.05, 3.63) is 193 Å². The van der Waals surface area contributed by atoms with Crippen molar-refractivity contribution >= 4 is 23.0 Å². The van der Waals surface area contributed by atoms with Crippen LogP contribution in [0.15, 0.2) is 152 Å². The molecule has 0 unspecified atom stereocenters. The summed E-state index contributed by atoms with van der Waals surface area (Å²) in [7, 11) is 0. The van der Waals surface area contributed by atoms with Crippen LogP contribution in [0.2, 0.25) is 0 Å². The molecule has 0 saturated carbocycles. The number of rotatable bonds is 7. The second kappa shape index (κ2) is 16.9. The van der Waals surface area contributed by atoms with E-state index < -0.39 is 0 Å². The smallest absolute Gasteiger partial charge is 0.145 e. The summed E-state index contributed by atoms with van der Waals surface area (Å²) in [5.41, 5.74) is 18.5. The molecule has 5 nitrogen and oxygen atoms in total. The van der Waals surface area contributed by atoms with Crippen molar-refractivity contribution in [3.8, 4) is 55.8 Å². The van der Waals surface area contributed by atoms with Gasteiger partial charge in [-0.2, -0.15) is 18.2 Å². The summed E-state index contributed by atoms with van der Waals surface area (Å²) in [6.07, 6.45) is 5.29. The summed E-state index contributed by atoms with van der Waals surface area (Å²) in [5.74, 6) is 1.56. The second-order valence-electron chi connectivity index (χ2n) is 13.9. The molecule has 3 heterocycles. The van der Waals surface area contributed by atoms with Gasteiger partial charge in [-0.15, -0.1) is 53.8 Å². The molecule has 9 rings (SSSR count). The standard InChI is InChI=1S/C50H38N5.2Ir/c1-33-35(3)48(36(4)34(2)47(33)44-18-10-8-16-42(44)37-21-23-39(24-22-37)46-20-12-13-29-51-46)45-19-11-9-17-43(45)38-25-27-41(28-26-38)55-32-54(40-14-6-5-7-15-40)49-50(55)53-31-30-52-49;;/h5-23,25-27,29-32H,1-4H3;;/q-3;;. The van der Waals surface area contributed by atoms with Crippen LogP contribution in [0.4, 0.5) is 23.0 Å². The fraction of sp³-hybridized carbons (Fsp3) is 0.0800. The normalized spacial score (nSPS) is 11.8. The van der Waals surface area contributed by atoms with Crippen LogP contribution in [0.1, 0.15) is 22.3 Å². The molecule has 1 aliphatic heterocycles. The van der Waals surface area contributed by atoms with E-state index in [0.717, 1.165) is 45.4 Å². The van der Waals surface area contributed by atoms with Gasteiger partial charge in [-0.25, -0.2) is 9.97 Å². The minimum atomic E-state index is 0. The number of hydrogen-bond donors (Lipinski definition) is 0. The van der Waals surface area contributed by atoms with E-state index in [4.69, 9.17) is 4.98 Å². The molecule has 0 bridgehead atoms. The van der Waals surface area contributed by atoms with Crippen molar-refractivity contribution in [3.63, 3.8) is 0 Å². The fourth-order valence-corrected chi connectivity index (χ4v) is 7.88. The van der Waals surface area contributed by atoms with Gasteiger partial charge in [-0.05, 0) is 96.1 Å². The number of aromatic nitrogens is 3. The van der Waals surface area contributed by atoms with Crippen molar-refractivity contribution < 1.29 is 40.2 Å². The van der Waals surface area contributed by atoms with Crippen molar-refractivity contribution in [2.75, 3.05) is 9.80 Å². The first kappa shape index (κ1) is 39.7. The Hall–Kier alpha value is -5.55. The van der Waals surface area contributed by atoms with Crippen molar-refractivity contribution in [1.82, 2.24) is 15.0 Å². The van der Waals surface area contributed by atoms with E-state index in [2.05, 4.69) is 157 Å². The summed E-state index contributed by atoms with van der Waals surface area (Å²) in [5, 5.41) is 0. The van der Waals surface area contributed by atoms with Crippen LogP contribution in [0.25, 0.3) is 55.8 Å². The third-order valence-corrected chi connectivity index (χ3v) is 10.8. The van der Waals surface area contributed by atoms with Crippen LogP contribution in [0.5, 0.6) is 0 Å². The molecule has 0 N–H and O–H groups in total. The Morgan fingerprint density at radius 1 is 0.456 bits per heavy atom. The first-order chi connectivity index (χ1) is 27.0. The molecular weight excluding hydrogens is 1060 g/mol. The second-order valence-corrected chi connectivity index (χ2v) is 13.9. The third kappa shape index (κ3) is 7.29. The minimum Gasteiger partial charge on any atom is -0.477 e. The Morgan fingerprint density at radius 2 is 0.965 bits per heavy atom. The molecule has 284 valence electrons. The molecule has 6 aromatic carbocycles. The number of pyridine rings is 1. The topological polar surface area (TPSA) is 45.2 Å². The van der Waals surface area contributed by atoms with Crippen LogP contribution in [-0.4, -0.2) is 15.0 Å². The van der Waals surface area contributed by atoms with E-state index in [9.17, 15) is 0 Å². The van der Waals surface area contributed by atoms with Crippen LogP contribution in [0, 0.1) is 46.5 Å². The maximum atomic E-state index is 4.70. The average molecular weight is 1090 g/mol. The monoisotopic (exact) mass is 1090 g/mol. The largest absolute Gasteiger partial charge is 0.477 e. The van der Waals surface area contributed by atoms with Gasteiger partial charge in [0, 0.05) is 64.5 Å². The van der Waals surface area contributed by atoms with Crippen LogP contribution >= 0.6 is 0 Å². The minimum absolute atomic E-state index is 0. The van der Waals surface area contributed by atoms with Crippen LogP contribution in [0.3, 0.4) is 0 Å². The number of hydrogen-bond acceptors (Lipinski definition) is 5. The van der Waals surface area contributed by atoms with Crippen molar-refractivity contribution in [1.29, 1.82) is 0 Å². The van der Waals surface area contributed by atoms with E-state index in [1.54, 1.807) is 12.4 Å². The van der Waals surface area contributed by atoms with E-state index in [-0.39, 0.29) is 40.2 Å². The molecule has 57 heavy (non-hydrogen) atoms. The Bertz CT molecular complexity index is 2630. The molecule has 8 aromatic rings. The summed E-state index contributed by atoms with van der Waals surface area (Å²) in [6.45, 7) is 11.1. The number of anilines is 4. The van der Waals surface area contributed by atoms with Crippen LogP contribution in [-0.2, 0) is 40.2 Å². The third-order valence-electron chi connectivity index (χ3n) is 10.8. The molecule has 0 spiro atoms. The predicted molar refractivity (Wildman–Crippen MR) is 225 cm³/mol. The first-order valence-electron chi connectivity index (χ1n) is 18.5. The van der Waals surface area contributed by atoms with E-state index in [1.807, 2.05) is 49.3 Å². The average Bonchev–Trinajstić information content (AvgIpc) is 3.64. The number of fused-ring (bicyclic) bond motifs is 1. The number of nitrogens with zero attached hydrogens (tertiary/aromatic N) is 5.